The van der Waals surface area contributed by atoms with Crippen LogP contribution in [-0.4, -0.2) is 22.4 Å². The minimum Gasteiger partial charge on any atom is -0.393 e. The van der Waals surface area contributed by atoms with Crippen LogP contribution in [0.4, 0.5) is 0 Å². The van der Waals surface area contributed by atoms with Gasteiger partial charge in [-0.05, 0) is 26.2 Å². The van der Waals surface area contributed by atoms with Gasteiger partial charge in [-0.25, -0.2) is 0 Å². The third kappa shape index (κ3) is 18.0. The Balaban J connectivity index is 3.13. The monoisotopic (exact) mass is 314 g/mol. The Bertz CT molecular complexity index is 204. The molecule has 0 fully saturated rings. The van der Waals surface area contributed by atoms with Crippen LogP contribution in [0.2, 0.25) is 0 Å². The van der Waals surface area contributed by atoms with Gasteiger partial charge < -0.3 is 10.2 Å². The van der Waals surface area contributed by atoms with Crippen LogP contribution >= 0.6 is 0 Å². The van der Waals surface area contributed by atoms with Crippen molar-refractivity contribution in [2.24, 2.45) is 0 Å². The lowest BCUT2D eigenvalue weighted by molar-refractivity contribution is 0.147. The number of rotatable bonds is 17. The molecule has 0 aromatic carbocycles. The summed E-state index contributed by atoms with van der Waals surface area (Å²) in [6, 6.07) is 0. The highest BCUT2D eigenvalue weighted by Crippen LogP contribution is 2.14. The van der Waals surface area contributed by atoms with E-state index in [-0.39, 0.29) is 12.2 Å². The van der Waals surface area contributed by atoms with Gasteiger partial charge in [-0.1, -0.05) is 90.4 Å². The van der Waals surface area contributed by atoms with E-state index in [4.69, 9.17) is 5.11 Å². The summed E-state index contributed by atoms with van der Waals surface area (Å²) >= 11 is 0. The van der Waals surface area contributed by atoms with Crippen LogP contribution in [0.25, 0.3) is 0 Å². The minimum atomic E-state index is -0.131. The van der Waals surface area contributed by atoms with E-state index in [0.29, 0.717) is 0 Å². The maximum atomic E-state index is 9.95. The summed E-state index contributed by atoms with van der Waals surface area (Å²) in [5, 5.41) is 19.1. The molecule has 0 radical (unpaired) electrons. The zero-order chi connectivity index (χ0) is 16.5. The Morgan fingerprint density at radius 2 is 0.909 bits per heavy atom. The molecule has 0 amide bonds. The molecule has 0 aliphatic carbocycles. The Morgan fingerprint density at radius 1 is 0.545 bits per heavy atom. The predicted octanol–water partition coefficient (Wildman–Crippen LogP) is 5.99. The molecule has 0 saturated heterocycles. The average molecular weight is 315 g/mol. The lowest BCUT2D eigenvalue weighted by Gasteiger charge is -2.10. The first-order valence-corrected chi connectivity index (χ1v) is 10.0. The molecule has 2 nitrogen and oxygen atoms in total. The molecular weight excluding hydrogens is 272 g/mol. The number of unbranched alkanes of at least 4 members (excludes halogenated alkanes) is 11. The third-order valence-corrected chi connectivity index (χ3v) is 4.55. The molecule has 2 heteroatoms. The molecule has 0 aromatic heterocycles. The molecule has 0 aliphatic heterocycles. The van der Waals surface area contributed by atoms with Crippen LogP contribution in [0, 0.1) is 0 Å². The highest BCUT2D eigenvalue weighted by molar-refractivity contribution is 4.57. The number of aliphatic hydroxyl groups is 2. The summed E-state index contributed by atoms with van der Waals surface area (Å²) in [6.45, 7) is 4.12. The quantitative estimate of drug-likeness (QED) is 0.324. The van der Waals surface area contributed by atoms with Crippen LogP contribution in [0.3, 0.4) is 0 Å². The zero-order valence-electron chi connectivity index (χ0n) is 15.4. The van der Waals surface area contributed by atoms with Crippen LogP contribution < -0.4 is 0 Å². The SMILES string of the molecule is CCCCCCCCC(O)CCCCCCCCCC(C)O. The number of hydrogen-bond acceptors (Lipinski definition) is 2. The van der Waals surface area contributed by atoms with Gasteiger partial charge in [-0.15, -0.1) is 0 Å². The first-order chi connectivity index (χ1) is 10.7. The normalized spacial score (nSPS) is 14.2. The fraction of sp³-hybridized carbons (Fsp3) is 1.00. The second-order valence-electron chi connectivity index (χ2n) is 7.11. The van der Waals surface area contributed by atoms with Gasteiger partial charge >= 0.3 is 0 Å². The van der Waals surface area contributed by atoms with E-state index >= 15 is 0 Å². The molecule has 0 spiro atoms. The predicted molar refractivity (Wildman–Crippen MR) is 97.2 cm³/mol. The van der Waals surface area contributed by atoms with Crippen molar-refractivity contribution in [3.05, 3.63) is 0 Å². The van der Waals surface area contributed by atoms with Gasteiger partial charge in [0.1, 0.15) is 0 Å². The van der Waals surface area contributed by atoms with E-state index in [9.17, 15) is 5.11 Å². The molecule has 2 N–H and O–H groups in total. The second-order valence-corrected chi connectivity index (χ2v) is 7.11. The first kappa shape index (κ1) is 21.9. The molecule has 22 heavy (non-hydrogen) atoms. The molecule has 0 aliphatic rings. The highest BCUT2D eigenvalue weighted by Gasteiger charge is 2.03. The minimum absolute atomic E-state index is 0.0581. The Morgan fingerprint density at radius 3 is 1.32 bits per heavy atom. The van der Waals surface area contributed by atoms with Crippen LogP contribution in [0.5, 0.6) is 0 Å². The van der Waals surface area contributed by atoms with Gasteiger partial charge in [-0.3, -0.25) is 0 Å². The number of hydrogen-bond donors (Lipinski definition) is 2. The molecule has 0 rings (SSSR count). The van der Waals surface area contributed by atoms with Crippen LogP contribution in [0.15, 0.2) is 0 Å². The van der Waals surface area contributed by atoms with E-state index in [0.717, 1.165) is 25.7 Å². The van der Waals surface area contributed by atoms with E-state index < -0.39 is 0 Å². The van der Waals surface area contributed by atoms with Gasteiger partial charge in [0, 0.05) is 0 Å². The maximum absolute atomic E-state index is 9.95. The van der Waals surface area contributed by atoms with Crippen molar-refractivity contribution in [3.8, 4) is 0 Å². The second kappa shape index (κ2) is 17.3. The van der Waals surface area contributed by atoms with Crippen molar-refractivity contribution in [3.63, 3.8) is 0 Å². The molecule has 2 atom stereocenters. The summed E-state index contributed by atoms with van der Waals surface area (Å²) in [5.41, 5.74) is 0. The van der Waals surface area contributed by atoms with Crippen molar-refractivity contribution in [1.82, 2.24) is 0 Å². The Hall–Kier alpha value is -0.0800. The molecule has 134 valence electrons. The van der Waals surface area contributed by atoms with Gasteiger partial charge in [0.25, 0.3) is 0 Å². The topological polar surface area (TPSA) is 40.5 Å². The zero-order valence-corrected chi connectivity index (χ0v) is 15.4. The van der Waals surface area contributed by atoms with Crippen molar-refractivity contribution in [2.75, 3.05) is 0 Å². The number of aliphatic hydroxyl groups excluding tert-OH is 2. The standard InChI is InChI=1S/C20H42O2/c1-3-4-5-6-11-14-17-20(22)18-15-12-9-7-8-10-13-16-19(2)21/h19-22H,3-18H2,1-2H3. The van der Waals surface area contributed by atoms with Gasteiger partial charge in [0.15, 0.2) is 0 Å². The molecule has 0 saturated carbocycles. The molecular formula is C20H42O2. The smallest absolute Gasteiger partial charge is 0.0540 e. The van der Waals surface area contributed by atoms with Crippen molar-refractivity contribution in [1.29, 1.82) is 0 Å². The van der Waals surface area contributed by atoms with Gasteiger partial charge in [0.2, 0.25) is 0 Å². The van der Waals surface area contributed by atoms with Gasteiger partial charge in [-0.2, -0.15) is 0 Å². The summed E-state index contributed by atoms with van der Waals surface area (Å²) in [4.78, 5) is 0. The Labute approximate surface area is 139 Å². The van der Waals surface area contributed by atoms with Crippen molar-refractivity contribution >= 4 is 0 Å². The van der Waals surface area contributed by atoms with E-state index in [1.807, 2.05) is 6.92 Å². The summed E-state index contributed by atoms with van der Waals surface area (Å²) in [6.07, 6.45) is 19.4. The third-order valence-electron chi connectivity index (χ3n) is 4.55. The fourth-order valence-corrected chi connectivity index (χ4v) is 3.01. The van der Waals surface area contributed by atoms with E-state index in [1.54, 1.807) is 0 Å². The van der Waals surface area contributed by atoms with Crippen molar-refractivity contribution < 1.29 is 10.2 Å². The van der Waals surface area contributed by atoms with Crippen LogP contribution in [0.1, 0.15) is 117 Å². The van der Waals surface area contributed by atoms with E-state index in [2.05, 4.69) is 6.92 Å². The molecule has 2 unspecified atom stereocenters. The molecule has 0 heterocycles. The highest BCUT2D eigenvalue weighted by atomic mass is 16.3. The summed E-state index contributed by atoms with van der Waals surface area (Å²) < 4.78 is 0. The average Bonchev–Trinajstić information content (AvgIpc) is 2.48. The Kier molecular flexibility index (Phi) is 17.2. The van der Waals surface area contributed by atoms with E-state index in [1.165, 1.54) is 77.0 Å². The van der Waals surface area contributed by atoms with Gasteiger partial charge in [0.05, 0.1) is 12.2 Å². The first-order valence-electron chi connectivity index (χ1n) is 10.0. The van der Waals surface area contributed by atoms with Crippen molar-refractivity contribution in [2.45, 2.75) is 129 Å². The fourth-order valence-electron chi connectivity index (χ4n) is 3.01. The molecule has 0 aromatic rings. The lowest BCUT2D eigenvalue weighted by atomic mass is 10.0. The summed E-state index contributed by atoms with van der Waals surface area (Å²) in [5.74, 6) is 0. The maximum Gasteiger partial charge on any atom is 0.0540 e. The lowest BCUT2D eigenvalue weighted by Crippen LogP contribution is -2.05. The van der Waals surface area contributed by atoms with Crippen LogP contribution in [-0.2, 0) is 0 Å². The largest absolute Gasteiger partial charge is 0.393 e. The summed E-state index contributed by atoms with van der Waals surface area (Å²) in [7, 11) is 0. The molecule has 0 bridgehead atoms.